The molecule has 1 aliphatic heterocycles. The minimum absolute atomic E-state index is 0.00362. The van der Waals surface area contributed by atoms with Gasteiger partial charge in [-0.25, -0.2) is 14.6 Å². The first kappa shape index (κ1) is 41.2. The Bertz CT molecular complexity index is 2270. The molecule has 58 heavy (non-hydrogen) atoms. The summed E-state index contributed by atoms with van der Waals surface area (Å²) in [5.74, 6) is -1.25. The minimum atomic E-state index is -4.81. The van der Waals surface area contributed by atoms with Gasteiger partial charge in [0.05, 0.1) is 22.0 Å². The van der Waals surface area contributed by atoms with Crippen molar-refractivity contribution in [3.05, 3.63) is 118 Å². The van der Waals surface area contributed by atoms with Crippen molar-refractivity contribution >= 4 is 41.3 Å². The van der Waals surface area contributed by atoms with E-state index in [0.717, 1.165) is 5.56 Å². The largest absolute Gasteiger partial charge is 0.445 e. The number of amides is 4. The van der Waals surface area contributed by atoms with E-state index in [1.807, 2.05) is 30.3 Å². The molecule has 2 aromatic carbocycles. The highest BCUT2D eigenvalue weighted by Gasteiger charge is 2.38. The highest BCUT2D eigenvalue weighted by Crippen LogP contribution is 2.36. The van der Waals surface area contributed by atoms with Gasteiger partial charge in [-0.15, -0.1) is 0 Å². The van der Waals surface area contributed by atoms with Gasteiger partial charge in [0.25, 0.3) is 11.8 Å². The molecule has 0 unspecified atom stereocenters. The fourth-order valence-corrected chi connectivity index (χ4v) is 6.17. The standard InChI is InChI=1S/C39H39ClF3N9O6/c1-38(2,3)58-37(56)52-15-13-51(14-16-52)35(54)27-11-10-25(18-29(27)40)48-34(53)33-45-21-26(47-33)17-28-31(49-50-32(28)39(41,42)43)30-12-9-24(19-44-30)20-46-36(55)57-22-23-7-5-4-6-8-23/h4-12,18-19,21H,13-17,20,22H2,1-3H3,(H,45,47)(H,46,55)(H,48,53)(H,49,50). The number of hydrogen-bond acceptors (Lipinski definition) is 9. The second kappa shape index (κ2) is 17.4. The van der Waals surface area contributed by atoms with Crippen LogP contribution in [0.1, 0.15) is 69.8 Å². The number of hydrogen-bond donors (Lipinski definition) is 4. The summed E-state index contributed by atoms with van der Waals surface area (Å²) in [7, 11) is 0. The van der Waals surface area contributed by atoms with Crippen molar-refractivity contribution in [2.45, 2.75) is 52.1 Å². The van der Waals surface area contributed by atoms with Crippen LogP contribution in [-0.2, 0) is 35.2 Å². The van der Waals surface area contributed by atoms with Crippen molar-refractivity contribution in [3.8, 4) is 11.4 Å². The van der Waals surface area contributed by atoms with Crippen molar-refractivity contribution in [2.24, 2.45) is 0 Å². The lowest BCUT2D eigenvalue weighted by atomic mass is 10.0. The molecule has 3 aromatic heterocycles. The van der Waals surface area contributed by atoms with E-state index in [-0.39, 0.29) is 96.4 Å². The van der Waals surface area contributed by atoms with E-state index in [9.17, 15) is 32.3 Å². The number of carbonyl (C=O) groups excluding carboxylic acids is 4. The minimum Gasteiger partial charge on any atom is -0.445 e. The van der Waals surface area contributed by atoms with Crippen molar-refractivity contribution in [2.75, 3.05) is 31.5 Å². The Morgan fingerprint density at radius 1 is 0.897 bits per heavy atom. The summed E-state index contributed by atoms with van der Waals surface area (Å²) in [4.78, 5) is 65.1. The van der Waals surface area contributed by atoms with Crippen molar-refractivity contribution in [1.29, 1.82) is 0 Å². The van der Waals surface area contributed by atoms with Crippen LogP contribution in [0.4, 0.5) is 28.4 Å². The number of H-pyrrole nitrogens is 2. The number of piperazine rings is 1. The number of alkyl carbamates (subject to hydrolysis) is 1. The number of aromatic amines is 2. The molecule has 0 saturated carbocycles. The molecule has 0 radical (unpaired) electrons. The van der Waals surface area contributed by atoms with Gasteiger partial charge in [0.1, 0.15) is 12.2 Å². The number of anilines is 1. The summed E-state index contributed by atoms with van der Waals surface area (Å²) in [6, 6.07) is 16.6. The maximum Gasteiger partial charge on any atom is 0.435 e. The molecular formula is C39H39ClF3N9O6. The van der Waals surface area contributed by atoms with Gasteiger partial charge in [-0.05, 0) is 56.2 Å². The van der Waals surface area contributed by atoms with Crippen molar-refractivity contribution in [3.63, 3.8) is 0 Å². The molecule has 4 amide bonds. The fourth-order valence-electron chi connectivity index (χ4n) is 5.91. The number of aromatic nitrogens is 5. The molecule has 5 aromatic rings. The Hall–Kier alpha value is -6.43. The molecule has 1 aliphatic rings. The lowest BCUT2D eigenvalue weighted by molar-refractivity contribution is -0.141. The number of imidazole rings is 1. The van der Waals surface area contributed by atoms with Crippen LogP contribution in [0.2, 0.25) is 5.02 Å². The molecule has 0 aliphatic carbocycles. The van der Waals surface area contributed by atoms with Crippen LogP contribution in [-0.4, -0.2) is 90.7 Å². The first-order valence-electron chi connectivity index (χ1n) is 18.0. The number of nitrogens with one attached hydrogen (secondary N) is 4. The lowest BCUT2D eigenvalue weighted by Gasteiger charge is -2.35. The second-order valence-corrected chi connectivity index (χ2v) is 14.6. The molecular weight excluding hydrogens is 783 g/mol. The van der Waals surface area contributed by atoms with Gasteiger partial charge in [0.2, 0.25) is 0 Å². The van der Waals surface area contributed by atoms with Gasteiger partial charge in [-0.3, -0.25) is 19.7 Å². The smallest absolute Gasteiger partial charge is 0.435 e. The molecule has 19 heteroatoms. The van der Waals surface area contributed by atoms with Crippen molar-refractivity contribution < 1.29 is 41.8 Å². The Morgan fingerprint density at radius 2 is 1.62 bits per heavy atom. The van der Waals surface area contributed by atoms with Crippen LogP contribution in [0.3, 0.4) is 0 Å². The number of pyridine rings is 1. The highest BCUT2D eigenvalue weighted by molar-refractivity contribution is 6.34. The van der Waals surface area contributed by atoms with E-state index in [4.69, 9.17) is 21.1 Å². The fraction of sp³-hybridized carbons (Fsp3) is 0.308. The molecule has 4 N–H and O–H groups in total. The number of benzene rings is 2. The number of alkyl halides is 3. The van der Waals surface area contributed by atoms with Gasteiger partial charge >= 0.3 is 18.4 Å². The number of carbonyl (C=O) groups is 4. The predicted molar refractivity (Wildman–Crippen MR) is 205 cm³/mol. The molecule has 15 nitrogen and oxygen atoms in total. The maximum atomic E-state index is 14.1. The highest BCUT2D eigenvalue weighted by atomic mass is 35.5. The van der Waals surface area contributed by atoms with Gasteiger partial charge in [-0.1, -0.05) is 48.0 Å². The third kappa shape index (κ3) is 10.5. The summed E-state index contributed by atoms with van der Waals surface area (Å²) < 4.78 is 52.8. The average Bonchev–Trinajstić information content (AvgIpc) is 3.84. The van der Waals surface area contributed by atoms with E-state index in [0.29, 0.717) is 5.56 Å². The van der Waals surface area contributed by atoms with Gasteiger partial charge in [0.15, 0.2) is 11.5 Å². The number of ether oxygens (including phenoxy) is 2. The summed E-state index contributed by atoms with van der Waals surface area (Å²) in [6.07, 6.45) is -3.60. The van der Waals surface area contributed by atoms with Crippen LogP contribution in [0.25, 0.3) is 11.4 Å². The third-order valence-electron chi connectivity index (χ3n) is 8.75. The van der Waals surface area contributed by atoms with Gasteiger partial charge in [-0.2, -0.15) is 18.3 Å². The number of halogens is 4. The number of rotatable bonds is 10. The maximum absolute atomic E-state index is 14.1. The van der Waals surface area contributed by atoms with Crippen LogP contribution in [0.15, 0.2) is 73.1 Å². The first-order valence-corrected chi connectivity index (χ1v) is 18.4. The quantitative estimate of drug-likeness (QED) is 0.117. The Labute approximate surface area is 335 Å². The van der Waals surface area contributed by atoms with E-state index in [2.05, 4.69) is 35.8 Å². The predicted octanol–water partition coefficient (Wildman–Crippen LogP) is 6.83. The molecule has 0 spiro atoms. The zero-order valence-electron chi connectivity index (χ0n) is 31.6. The Kier molecular flexibility index (Phi) is 12.3. The SMILES string of the molecule is CC(C)(C)OC(=O)N1CCN(C(=O)c2ccc(NC(=O)c3ncc(Cc4c(C(F)(F)F)n[nH]c4-c4ccc(CNC(=O)OCc5ccccc5)cn4)[nH]3)cc2Cl)CC1. The molecule has 1 saturated heterocycles. The van der Waals surface area contributed by atoms with Gasteiger partial charge < -0.3 is 34.9 Å². The normalized spacial score (nSPS) is 13.2. The second-order valence-electron chi connectivity index (χ2n) is 14.2. The summed E-state index contributed by atoms with van der Waals surface area (Å²) >= 11 is 6.46. The molecule has 4 heterocycles. The van der Waals surface area contributed by atoms with Crippen molar-refractivity contribution in [1.82, 2.24) is 40.3 Å². The van der Waals surface area contributed by atoms with Crippen LogP contribution < -0.4 is 10.6 Å². The summed E-state index contributed by atoms with van der Waals surface area (Å²) in [5.41, 5.74) is 0.133. The monoisotopic (exact) mass is 821 g/mol. The summed E-state index contributed by atoms with van der Waals surface area (Å²) in [5, 5.41) is 11.3. The van der Waals surface area contributed by atoms with E-state index < -0.39 is 35.6 Å². The zero-order chi connectivity index (χ0) is 41.6. The first-order chi connectivity index (χ1) is 27.5. The summed E-state index contributed by atoms with van der Waals surface area (Å²) in [6.45, 7) is 6.60. The Balaban J connectivity index is 1.06. The van der Waals surface area contributed by atoms with Crippen LogP contribution >= 0.6 is 11.6 Å². The van der Waals surface area contributed by atoms with E-state index >= 15 is 0 Å². The van der Waals surface area contributed by atoms with Gasteiger partial charge in [0, 0.05) is 68.5 Å². The van der Waals surface area contributed by atoms with Crippen LogP contribution in [0.5, 0.6) is 0 Å². The molecule has 1 fully saturated rings. The molecule has 6 rings (SSSR count). The molecule has 0 atom stereocenters. The lowest BCUT2D eigenvalue weighted by Crippen LogP contribution is -2.51. The van der Waals surface area contributed by atoms with E-state index in [1.54, 1.807) is 31.7 Å². The van der Waals surface area contributed by atoms with Crippen LogP contribution in [0, 0.1) is 0 Å². The topological polar surface area (TPSA) is 188 Å². The molecule has 304 valence electrons. The third-order valence-corrected chi connectivity index (χ3v) is 9.07. The Morgan fingerprint density at radius 3 is 2.28 bits per heavy atom. The molecule has 0 bridgehead atoms. The zero-order valence-corrected chi connectivity index (χ0v) is 32.3. The number of nitrogens with zero attached hydrogens (tertiary/aromatic N) is 5. The van der Waals surface area contributed by atoms with E-state index in [1.165, 1.54) is 41.6 Å². The average molecular weight is 822 g/mol.